The Labute approximate surface area is 242 Å². The highest BCUT2D eigenvalue weighted by Crippen LogP contribution is 2.28. The van der Waals surface area contributed by atoms with Crippen LogP contribution in [0.3, 0.4) is 0 Å². The maximum absolute atomic E-state index is 13.7. The first-order valence-electron chi connectivity index (χ1n) is 13.6. The molecule has 0 unspecified atom stereocenters. The SMILES string of the molecule is CC[C@@H](C(=O)NC1CCCCC1)N(Cc1c(Cl)cccc1Cl)C(=O)CCCN(c1ccc(C)cc1)S(C)(=O)=O. The van der Waals surface area contributed by atoms with Crippen molar-refractivity contribution in [3.05, 3.63) is 63.6 Å². The lowest BCUT2D eigenvalue weighted by Gasteiger charge is -2.33. The Bertz CT molecular complexity index is 1210. The molecule has 39 heavy (non-hydrogen) atoms. The van der Waals surface area contributed by atoms with Crippen LogP contribution in [-0.4, -0.2) is 50.0 Å². The lowest BCUT2D eigenvalue weighted by molar-refractivity contribution is -0.141. The van der Waals surface area contributed by atoms with E-state index < -0.39 is 16.1 Å². The highest BCUT2D eigenvalue weighted by molar-refractivity contribution is 7.92. The molecule has 2 aromatic carbocycles. The monoisotopic (exact) mass is 595 g/mol. The Hall–Kier alpha value is -2.29. The van der Waals surface area contributed by atoms with Gasteiger partial charge in [0.25, 0.3) is 0 Å². The van der Waals surface area contributed by atoms with Crippen molar-refractivity contribution in [2.75, 3.05) is 17.1 Å². The van der Waals surface area contributed by atoms with Crippen molar-refractivity contribution >= 4 is 50.7 Å². The number of carbonyl (C=O) groups is 2. The molecule has 1 saturated carbocycles. The average molecular weight is 597 g/mol. The summed E-state index contributed by atoms with van der Waals surface area (Å²) in [4.78, 5) is 28.6. The van der Waals surface area contributed by atoms with Gasteiger partial charge in [0.05, 0.1) is 11.9 Å². The van der Waals surface area contributed by atoms with Crippen LogP contribution in [0.1, 0.15) is 69.4 Å². The third-order valence-electron chi connectivity index (χ3n) is 7.20. The van der Waals surface area contributed by atoms with Gasteiger partial charge in [0, 0.05) is 41.2 Å². The second kappa shape index (κ2) is 14.4. The van der Waals surface area contributed by atoms with Crippen molar-refractivity contribution < 1.29 is 18.0 Å². The number of amides is 2. The van der Waals surface area contributed by atoms with Crippen LogP contribution >= 0.6 is 23.2 Å². The zero-order chi connectivity index (χ0) is 28.6. The van der Waals surface area contributed by atoms with E-state index in [1.807, 2.05) is 26.0 Å². The molecular weight excluding hydrogens is 557 g/mol. The van der Waals surface area contributed by atoms with E-state index in [1.165, 1.54) is 10.7 Å². The number of hydrogen-bond acceptors (Lipinski definition) is 4. The van der Waals surface area contributed by atoms with Gasteiger partial charge in [-0.1, -0.05) is 73.2 Å². The Morgan fingerprint density at radius 1 is 1.03 bits per heavy atom. The van der Waals surface area contributed by atoms with Gasteiger partial charge in [-0.25, -0.2) is 8.42 Å². The van der Waals surface area contributed by atoms with Gasteiger partial charge in [0.1, 0.15) is 6.04 Å². The molecule has 0 saturated heterocycles. The van der Waals surface area contributed by atoms with Crippen molar-refractivity contribution in [3.63, 3.8) is 0 Å². The molecule has 0 bridgehead atoms. The van der Waals surface area contributed by atoms with Crippen LogP contribution in [0.2, 0.25) is 10.0 Å². The minimum Gasteiger partial charge on any atom is -0.352 e. The van der Waals surface area contributed by atoms with E-state index >= 15 is 0 Å². The second-order valence-corrected chi connectivity index (χ2v) is 13.0. The fourth-order valence-electron chi connectivity index (χ4n) is 5.03. The maximum Gasteiger partial charge on any atom is 0.243 e. The molecule has 0 aromatic heterocycles. The molecule has 10 heteroatoms. The summed E-state index contributed by atoms with van der Waals surface area (Å²) in [5.74, 6) is -0.438. The summed E-state index contributed by atoms with van der Waals surface area (Å²) in [5, 5.41) is 4.00. The van der Waals surface area contributed by atoms with E-state index in [0.717, 1.165) is 37.5 Å². The largest absolute Gasteiger partial charge is 0.352 e. The van der Waals surface area contributed by atoms with Crippen molar-refractivity contribution in [1.29, 1.82) is 0 Å². The molecule has 7 nitrogen and oxygen atoms in total. The van der Waals surface area contributed by atoms with Gasteiger partial charge in [-0.2, -0.15) is 0 Å². The van der Waals surface area contributed by atoms with Gasteiger partial charge in [-0.15, -0.1) is 0 Å². The number of halogens is 2. The number of rotatable bonds is 12. The molecule has 214 valence electrons. The zero-order valence-electron chi connectivity index (χ0n) is 23.0. The summed E-state index contributed by atoms with van der Waals surface area (Å²) in [6.07, 6.45) is 7.13. The lowest BCUT2D eigenvalue weighted by atomic mass is 9.95. The van der Waals surface area contributed by atoms with Crippen molar-refractivity contribution in [1.82, 2.24) is 10.2 Å². The standard InChI is InChI=1S/C29H39Cl2N3O4S/c1-4-27(29(36)32-22-10-6-5-7-11-22)33(20-24-25(30)12-8-13-26(24)31)28(35)14-9-19-34(39(3,37)38)23-17-15-21(2)16-18-23/h8,12-13,15-18,22,27H,4-7,9-11,14,19-20H2,1-3H3,(H,32,36)/t27-/m0/s1. The molecule has 0 spiro atoms. The average Bonchev–Trinajstić information content (AvgIpc) is 2.88. The fourth-order valence-corrected chi connectivity index (χ4v) is 6.51. The van der Waals surface area contributed by atoms with E-state index in [4.69, 9.17) is 23.2 Å². The van der Waals surface area contributed by atoms with Crippen LogP contribution in [0.15, 0.2) is 42.5 Å². The summed E-state index contributed by atoms with van der Waals surface area (Å²) in [5.41, 5.74) is 2.15. The predicted molar refractivity (Wildman–Crippen MR) is 159 cm³/mol. The topological polar surface area (TPSA) is 86.8 Å². The van der Waals surface area contributed by atoms with Crippen molar-refractivity contribution in [2.24, 2.45) is 0 Å². The van der Waals surface area contributed by atoms with Gasteiger partial charge in [0.2, 0.25) is 21.8 Å². The van der Waals surface area contributed by atoms with Crippen LogP contribution in [0.5, 0.6) is 0 Å². The lowest BCUT2D eigenvalue weighted by Crippen LogP contribution is -2.51. The molecule has 2 amide bonds. The van der Waals surface area contributed by atoms with E-state index in [9.17, 15) is 18.0 Å². The molecular formula is C29H39Cl2N3O4S. The number of nitrogens with one attached hydrogen (secondary N) is 1. The van der Waals surface area contributed by atoms with Gasteiger partial charge in [0.15, 0.2) is 0 Å². The minimum atomic E-state index is -3.55. The van der Waals surface area contributed by atoms with Crippen LogP contribution in [0.4, 0.5) is 5.69 Å². The van der Waals surface area contributed by atoms with Gasteiger partial charge < -0.3 is 10.2 Å². The first-order valence-corrected chi connectivity index (χ1v) is 16.2. The third kappa shape index (κ3) is 8.85. The first-order chi connectivity index (χ1) is 18.5. The Kier molecular flexibility index (Phi) is 11.5. The molecule has 1 atom stereocenters. The Balaban J connectivity index is 1.79. The second-order valence-electron chi connectivity index (χ2n) is 10.3. The molecule has 1 N–H and O–H groups in total. The zero-order valence-corrected chi connectivity index (χ0v) is 25.3. The normalized spacial score (nSPS) is 15.0. The molecule has 0 aliphatic heterocycles. The molecule has 0 heterocycles. The molecule has 1 fully saturated rings. The molecule has 1 aliphatic rings. The van der Waals surface area contributed by atoms with E-state index in [1.54, 1.807) is 35.2 Å². The highest BCUT2D eigenvalue weighted by Gasteiger charge is 2.31. The quantitative estimate of drug-likeness (QED) is 0.321. The summed E-state index contributed by atoms with van der Waals surface area (Å²) in [7, 11) is -3.55. The summed E-state index contributed by atoms with van der Waals surface area (Å²) >= 11 is 12.9. The highest BCUT2D eigenvalue weighted by atomic mass is 35.5. The number of benzene rings is 2. The predicted octanol–water partition coefficient (Wildman–Crippen LogP) is 6.10. The molecule has 3 rings (SSSR count). The van der Waals surface area contributed by atoms with E-state index in [2.05, 4.69) is 5.32 Å². The van der Waals surface area contributed by atoms with Crippen molar-refractivity contribution in [3.8, 4) is 0 Å². The van der Waals surface area contributed by atoms with Gasteiger partial charge in [-0.3, -0.25) is 13.9 Å². The Morgan fingerprint density at radius 3 is 2.21 bits per heavy atom. The number of anilines is 1. The summed E-state index contributed by atoms with van der Waals surface area (Å²) in [6.45, 7) is 4.03. The fraction of sp³-hybridized carbons (Fsp3) is 0.517. The maximum atomic E-state index is 13.7. The molecule has 0 radical (unpaired) electrons. The van der Waals surface area contributed by atoms with Crippen molar-refractivity contribution in [2.45, 2.75) is 83.8 Å². The third-order valence-corrected chi connectivity index (χ3v) is 9.10. The van der Waals surface area contributed by atoms with Crippen LogP contribution in [-0.2, 0) is 26.2 Å². The summed E-state index contributed by atoms with van der Waals surface area (Å²) in [6, 6.07) is 11.8. The number of nitrogens with zero attached hydrogens (tertiary/aromatic N) is 2. The smallest absolute Gasteiger partial charge is 0.243 e. The number of hydrogen-bond donors (Lipinski definition) is 1. The van der Waals surface area contributed by atoms with E-state index in [0.29, 0.717) is 27.7 Å². The van der Waals surface area contributed by atoms with Crippen LogP contribution < -0.4 is 9.62 Å². The number of sulfonamides is 1. The first kappa shape index (κ1) is 31.2. The van der Waals surface area contributed by atoms with Crippen LogP contribution in [0.25, 0.3) is 0 Å². The number of aryl methyl sites for hydroxylation is 1. The number of carbonyl (C=O) groups excluding carboxylic acids is 2. The van der Waals surface area contributed by atoms with Gasteiger partial charge in [-0.05, 0) is 56.9 Å². The molecule has 2 aromatic rings. The van der Waals surface area contributed by atoms with Crippen LogP contribution in [0, 0.1) is 6.92 Å². The minimum absolute atomic E-state index is 0.0627. The van der Waals surface area contributed by atoms with E-state index in [-0.39, 0.29) is 43.8 Å². The summed E-state index contributed by atoms with van der Waals surface area (Å²) < 4.78 is 26.4. The molecule has 1 aliphatic carbocycles. The van der Waals surface area contributed by atoms with Gasteiger partial charge >= 0.3 is 0 Å². The Morgan fingerprint density at radius 2 is 1.64 bits per heavy atom.